The molecule has 0 saturated heterocycles. The van der Waals surface area contributed by atoms with Gasteiger partial charge in [-0.3, -0.25) is 4.79 Å². The Bertz CT molecular complexity index is 330. The minimum Gasteiger partial charge on any atom is -0.351 e. The first kappa shape index (κ1) is 12.7. The second kappa shape index (κ2) is 5.63. The van der Waals surface area contributed by atoms with Crippen molar-refractivity contribution in [3.63, 3.8) is 0 Å². The third kappa shape index (κ3) is 3.93. The zero-order valence-corrected chi connectivity index (χ0v) is 11.2. The second-order valence-electron chi connectivity index (χ2n) is 3.59. The van der Waals surface area contributed by atoms with Crippen LogP contribution in [-0.2, 0) is 0 Å². The first-order chi connectivity index (χ1) is 7.00. The molecule has 5 heteroatoms. The monoisotopic (exact) mass is 290 g/mol. The van der Waals surface area contributed by atoms with Crippen molar-refractivity contribution < 1.29 is 4.79 Å². The third-order valence-corrected chi connectivity index (χ3v) is 4.10. The summed E-state index contributed by atoms with van der Waals surface area (Å²) < 4.78 is 1.01. The lowest BCUT2D eigenvalue weighted by atomic mass is 10.2. The average molecular weight is 291 g/mol. The van der Waals surface area contributed by atoms with Crippen molar-refractivity contribution in [1.29, 1.82) is 0 Å². The van der Waals surface area contributed by atoms with Gasteiger partial charge in [0.05, 0.1) is 8.66 Å². The van der Waals surface area contributed by atoms with Gasteiger partial charge in [-0.2, -0.15) is 0 Å². The Morgan fingerprint density at radius 1 is 1.73 bits per heavy atom. The maximum absolute atomic E-state index is 11.6. The fraction of sp³-hybridized carbons (Fsp3) is 0.500. The van der Waals surface area contributed by atoms with Crippen LogP contribution in [0.3, 0.4) is 0 Å². The zero-order valence-electron chi connectivity index (χ0n) is 8.84. The minimum absolute atomic E-state index is 0.0190. The van der Waals surface area contributed by atoms with Gasteiger partial charge in [-0.05, 0) is 47.8 Å². The highest BCUT2D eigenvalue weighted by Gasteiger charge is 2.10. The molecule has 0 aliphatic carbocycles. The van der Waals surface area contributed by atoms with E-state index in [2.05, 4.69) is 21.2 Å². The Morgan fingerprint density at radius 2 is 2.40 bits per heavy atom. The molecule has 0 aliphatic heterocycles. The number of carbonyl (C=O) groups excluding carboxylic acids is 1. The van der Waals surface area contributed by atoms with Crippen LogP contribution < -0.4 is 11.1 Å². The Morgan fingerprint density at radius 3 is 2.87 bits per heavy atom. The van der Waals surface area contributed by atoms with Crippen LogP contribution in [0.5, 0.6) is 0 Å². The number of amides is 1. The molecule has 1 aromatic heterocycles. The topological polar surface area (TPSA) is 55.1 Å². The highest BCUT2D eigenvalue weighted by molar-refractivity contribution is 9.11. The maximum Gasteiger partial charge on any atom is 0.261 e. The van der Waals surface area contributed by atoms with Crippen LogP contribution in [0.15, 0.2) is 9.85 Å². The zero-order chi connectivity index (χ0) is 11.4. The van der Waals surface area contributed by atoms with Crippen molar-refractivity contribution in [3.05, 3.63) is 20.3 Å². The first-order valence-corrected chi connectivity index (χ1v) is 6.41. The van der Waals surface area contributed by atoms with Crippen molar-refractivity contribution in [2.45, 2.75) is 26.3 Å². The molecule has 1 aromatic rings. The first-order valence-electron chi connectivity index (χ1n) is 4.80. The van der Waals surface area contributed by atoms with Gasteiger partial charge in [0.15, 0.2) is 0 Å². The van der Waals surface area contributed by atoms with E-state index in [4.69, 9.17) is 5.73 Å². The van der Waals surface area contributed by atoms with Gasteiger partial charge in [-0.15, -0.1) is 11.3 Å². The molecule has 1 heterocycles. The predicted molar refractivity (Wildman–Crippen MR) is 67.4 cm³/mol. The van der Waals surface area contributed by atoms with E-state index in [9.17, 15) is 4.79 Å². The largest absolute Gasteiger partial charge is 0.351 e. The van der Waals surface area contributed by atoms with Gasteiger partial charge in [-0.1, -0.05) is 0 Å². The second-order valence-corrected chi connectivity index (χ2v) is 5.96. The summed E-state index contributed by atoms with van der Waals surface area (Å²) in [6.07, 6.45) is 0.803. The molecule has 15 heavy (non-hydrogen) atoms. The lowest BCUT2D eigenvalue weighted by Gasteiger charge is -2.05. The number of hydrogen-bond acceptors (Lipinski definition) is 3. The molecule has 3 N–H and O–H groups in total. The van der Waals surface area contributed by atoms with E-state index in [0.717, 1.165) is 20.6 Å². The lowest BCUT2D eigenvalue weighted by Crippen LogP contribution is -2.28. The van der Waals surface area contributed by atoms with E-state index in [-0.39, 0.29) is 11.9 Å². The van der Waals surface area contributed by atoms with E-state index in [1.54, 1.807) is 0 Å². The summed E-state index contributed by atoms with van der Waals surface area (Å²) in [5.74, 6) is -0.0190. The normalized spacial score (nSPS) is 12.5. The van der Waals surface area contributed by atoms with Gasteiger partial charge >= 0.3 is 0 Å². The number of hydrogen-bond donors (Lipinski definition) is 2. The molecule has 0 aliphatic rings. The average Bonchev–Trinajstić information content (AvgIpc) is 2.46. The molecular formula is C10H15BrN2OS. The van der Waals surface area contributed by atoms with Crippen LogP contribution >= 0.6 is 27.3 Å². The molecule has 3 nitrogen and oxygen atoms in total. The Balaban J connectivity index is 2.47. The highest BCUT2D eigenvalue weighted by Crippen LogP contribution is 2.27. The molecule has 0 radical (unpaired) electrons. The Hall–Kier alpha value is -0.390. The van der Waals surface area contributed by atoms with Crippen molar-refractivity contribution in [2.24, 2.45) is 5.73 Å². The SMILES string of the molecule is Cc1cc(C(=O)NCCC(C)N)sc1Br. The van der Waals surface area contributed by atoms with Gasteiger partial charge in [-0.25, -0.2) is 0 Å². The van der Waals surface area contributed by atoms with E-state index in [1.165, 1.54) is 11.3 Å². The molecule has 1 atom stereocenters. The van der Waals surface area contributed by atoms with Crippen LogP contribution in [0, 0.1) is 6.92 Å². The van der Waals surface area contributed by atoms with Crippen molar-refractivity contribution in [1.82, 2.24) is 5.32 Å². The van der Waals surface area contributed by atoms with E-state index in [0.29, 0.717) is 6.54 Å². The van der Waals surface area contributed by atoms with Gasteiger partial charge in [0.1, 0.15) is 0 Å². The number of carbonyl (C=O) groups is 1. The van der Waals surface area contributed by atoms with Gasteiger partial charge in [0.2, 0.25) is 0 Å². The molecule has 0 saturated carbocycles. The number of aryl methyl sites for hydroxylation is 1. The standard InChI is InChI=1S/C10H15BrN2OS/c1-6-5-8(15-9(6)11)10(14)13-4-3-7(2)12/h5,7H,3-4,12H2,1-2H3,(H,13,14). The molecule has 1 rings (SSSR count). The quantitative estimate of drug-likeness (QED) is 0.894. The summed E-state index contributed by atoms with van der Waals surface area (Å²) in [5.41, 5.74) is 6.68. The van der Waals surface area contributed by atoms with Gasteiger partial charge in [0.25, 0.3) is 5.91 Å². The summed E-state index contributed by atoms with van der Waals surface area (Å²) in [6.45, 7) is 4.53. The summed E-state index contributed by atoms with van der Waals surface area (Å²) in [5, 5.41) is 2.84. The van der Waals surface area contributed by atoms with Crippen LogP contribution in [0.2, 0.25) is 0 Å². The van der Waals surface area contributed by atoms with Gasteiger partial charge in [0, 0.05) is 12.6 Å². The van der Waals surface area contributed by atoms with Gasteiger partial charge < -0.3 is 11.1 Å². The maximum atomic E-state index is 11.6. The number of halogens is 1. The van der Waals surface area contributed by atoms with Crippen molar-refractivity contribution in [3.8, 4) is 0 Å². The fourth-order valence-electron chi connectivity index (χ4n) is 1.07. The van der Waals surface area contributed by atoms with Crippen LogP contribution in [0.25, 0.3) is 0 Å². The fourth-order valence-corrected chi connectivity index (χ4v) is 2.52. The lowest BCUT2D eigenvalue weighted by molar-refractivity contribution is 0.0957. The smallest absolute Gasteiger partial charge is 0.261 e. The molecule has 84 valence electrons. The molecular weight excluding hydrogens is 276 g/mol. The molecule has 0 fully saturated rings. The number of thiophene rings is 1. The third-order valence-electron chi connectivity index (χ3n) is 1.97. The van der Waals surface area contributed by atoms with Crippen molar-refractivity contribution in [2.75, 3.05) is 6.54 Å². The number of nitrogens with two attached hydrogens (primary N) is 1. The summed E-state index contributed by atoms with van der Waals surface area (Å²) in [4.78, 5) is 12.4. The minimum atomic E-state index is -0.0190. The molecule has 0 spiro atoms. The highest BCUT2D eigenvalue weighted by atomic mass is 79.9. The summed E-state index contributed by atoms with van der Waals surface area (Å²) in [6, 6.07) is 2.01. The Kier molecular flexibility index (Phi) is 4.76. The predicted octanol–water partition coefficient (Wildman–Crippen LogP) is 2.29. The van der Waals surface area contributed by atoms with Crippen LogP contribution in [-0.4, -0.2) is 18.5 Å². The number of nitrogens with one attached hydrogen (secondary N) is 1. The van der Waals surface area contributed by atoms with E-state index < -0.39 is 0 Å². The van der Waals surface area contributed by atoms with E-state index >= 15 is 0 Å². The van der Waals surface area contributed by atoms with E-state index in [1.807, 2.05) is 19.9 Å². The molecule has 0 aromatic carbocycles. The molecule has 1 unspecified atom stereocenters. The molecule has 1 amide bonds. The van der Waals surface area contributed by atoms with Crippen LogP contribution in [0.1, 0.15) is 28.6 Å². The number of rotatable bonds is 4. The summed E-state index contributed by atoms with van der Waals surface area (Å²) in [7, 11) is 0. The Labute approximate surface area is 102 Å². The summed E-state index contributed by atoms with van der Waals surface area (Å²) >= 11 is 4.85. The van der Waals surface area contributed by atoms with Crippen LogP contribution in [0.4, 0.5) is 0 Å². The molecule has 0 bridgehead atoms. The van der Waals surface area contributed by atoms with Crippen molar-refractivity contribution >= 4 is 33.2 Å².